The molecule has 0 atom stereocenters. The molecule has 0 radical (unpaired) electrons. The molecule has 1 fully saturated rings. The summed E-state index contributed by atoms with van der Waals surface area (Å²) in [7, 11) is 0. The van der Waals surface area contributed by atoms with Crippen LogP contribution in [0.15, 0.2) is 48.4 Å². The number of amides is 2. The van der Waals surface area contributed by atoms with Gasteiger partial charge in [0.1, 0.15) is 5.60 Å². The second-order valence-electron chi connectivity index (χ2n) is 10.0. The number of carbonyl (C=O) groups is 2. The van der Waals surface area contributed by atoms with Gasteiger partial charge in [0.05, 0.1) is 22.6 Å². The Balaban J connectivity index is 1.56. The molecule has 38 heavy (non-hydrogen) atoms. The summed E-state index contributed by atoms with van der Waals surface area (Å²) in [4.78, 5) is 37.6. The first-order chi connectivity index (χ1) is 18.0. The molecule has 3 N–H and O–H groups in total. The Kier molecular flexibility index (Phi) is 7.38. The fourth-order valence-corrected chi connectivity index (χ4v) is 4.26. The van der Waals surface area contributed by atoms with Gasteiger partial charge < -0.3 is 30.0 Å². The van der Waals surface area contributed by atoms with E-state index in [0.29, 0.717) is 37.4 Å². The van der Waals surface area contributed by atoms with E-state index >= 15 is 0 Å². The van der Waals surface area contributed by atoms with E-state index in [9.17, 15) is 14.0 Å². The van der Waals surface area contributed by atoms with Crippen molar-refractivity contribution < 1.29 is 18.7 Å². The van der Waals surface area contributed by atoms with E-state index < -0.39 is 17.3 Å². The highest BCUT2D eigenvalue weighted by molar-refractivity contribution is 6.11. The fraction of sp³-hybridized carbons (Fsp3) is 0.333. The van der Waals surface area contributed by atoms with Crippen LogP contribution in [0.25, 0.3) is 5.65 Å². The number of ether oxygens (including phenoxy) is 1. The maximum Gasteiger partial charge on any atom is 0.410 e. The molecule has 0 unspecified atom stereocenters. The molecule has 0 spiro atoms. The molecule has 1 aromatic carbocycles. The SMILES string of the molecule is C=CN=Cc1c(N2CCN(C(=O)OC(C)(C)C)CC2)ccc(C(=O)Nc2cc(F)c3nc(C)cn3c2)c1N. The van der Waals surface area contributed by atoms with Crippen LogP contribution in [-0.2, 0) is 4.74 Å². The number of carbonyl (C=O) groups excluding carboxylic acids is 2. The van der Waals surface area contributed by atoms with Crippen molar-refractivity contribution in [2.45, 2.75) is 33.3 Å². The van der Waals surface area contributed by atoms with Gasteiger partial charge in [0, 0.05) is 68.3 Å². The van der Waals surface area contributed by atoms with E-state index in [1.807, 2.05) is 20.8 Å². The minimum absolute atomic E-state index is 0.180. The summed E-state index contributed by atoms with van der Waals surface area (Å²) in [6, 6.07) is 4.64. The molecule has 0 saturated carbocycles. The number of aliphatic imine (C=N–C) groups is 1. The standard InChI is InChI=1S/C27H32FN7O3/c1-6-30-14-20-22(33-9-11-34(12-10-33)26(37)38-27(3,4)5)8-7-19(23(20)29)25(36)32-18-13-21(28)24-31-17(2)15-35(24)16-18/h6-8,13-16H,1,9-12,29H2,2-5H3,(H,32,36). The van der Waals surface area contributed by atoms with E-state index in [1.54, 1.807) is 42.6 Å². The summed E-state index contributed by atoms with van der Waals surface area (Å²) >= 11 is 0. The quantitative estimate of drug-likeness (QED) is 0.383. The molecule has 2 aromatic heterocycles. The van der Waals surface area contributed by atoms with E-state index in [1.165, 1.54) is 16.7 Å². The van der Waals surface area contributed by atoms with Crippen LogP contribution < -0.4 is 16.0 Å². The molecular weight excluding hydrogens is 489 g/mol. The zero-order valence-electron chi connectivity index (χ0n) is 22.0. The highest BCUT2D eigenvalue weighted by Crippen LogP contribution is 2.30. The molecule has 1 aliphatic rings. The summed E-state index contributed by atoms with van der Waals surface area (Å²) in [6.07, 6.45) is 5.84. The zero-order chi connectivity index (χ0) is 27.6. The molecule has 4 rings (SSSR count). The van der Waals surface area contributed by atoms with Gasteiger partial charge >= 0.3 is 6.09 Å². The first-order valence-electron chi connectivity index (χ1n) is 12.2. The highest BCUT2D eigenvalue weighted by atomic mass is 19.1. The number of anilines is 3. The van der Waals surface area contributed by atoms with Crippen LogP contribution in [0, 0.1) is 12.7 Å². The Morgan fingerprint density at radius 3 is 2.58 bits per heavy atom. The third-order valence-electron chi connectivity index (χ3n) is 5.97. The molecule has 3 aromatic rings. The Bertz CT molecular complexity index is 1420. The maximum absolute atomic E-state index is 14.5. The normalized spacial score (nSPS) is 14.2. The van der Waals surface area contributed by atoms with Gasteiger partial charge in [-0.1, -0.05) is 6.58 Å². The third kappa shape index (κ3) is 5.77. The molecule has 1 aliphatic heterocycles. The van der Waals surface area contributed by atoms with Crippen molar-refractivity contribution in [1.29, 1.82) is 0 Å². The van der Waals surface area contributed by atoms with Gasteiger partial charge in [-0.2, -0.15) is 0 Å². The number of imidazole rings is 1. The molecule has 10 nitrogen and oxygen atoms in total. The van der Waals surface area contributed by atoms with E-state index in [-0.39, 0.29) is 28.7 Å². The lowest BCUT2D eigenvalue weighted by atomic mass is 10.0. The second kappa shape index (κ2) is 10.5. The molecule has 1 saturated heterocycles. The number of halogens is 1. The largest absolute Gasteiger partial charge is 0.444 e. The monoisotopic (exact) mass is 521 g/mol. The fourth-order valence-electron chi connectivity index (χ4n) is 4.26. The summed E-state index contributed by atoms with van der Waals surface area (Å²) in [5, 5.41) is 2.72. The van der Waals surface area contributed by atoms with Gasteiger partial charge in [0.25, 0.3) is 5.91 Å². The van der Waals surface area contributed by atoms with Crippen LogP contribution in [0.3, 0.4) is 0 Å². The maximum atomic E-state index is 14.5. The number of aromatic nitrogens is 2. The molecule has 11 heteroatoms. The molecule has 0 bridgehead atoms. The van der Waals surface area contributed by atoms with E-state index in [2.05, 4.69) is 26.8 Å². The summed E-state index contributed by atoms with van der Waals surface area (Å²) in [5.41, 5.74) is 8.77. The number of nitrogens with one attached hydrogen (secondary N) is 1. The van der Waals surface area contributed by atoms with Crippen LogP contribution in [0.5, 0.6) is 0 Å². The number of nitrogens with zero attached hydrogens (tertiary/aromatic N) is 5. The molecule has 0 aliphatic carbocycles. The number of piperazine rings is 1. The molecular formula is C27H32FN7O3. The second-order valence-corrected chi connectivity index (χ2v) is 10.0. The van der Waals surface area contributed by atoms with Gasteiger partial charge in [0.15, 0.2) is 11.5 Å². The number of pyridine rings is 1. The number of benzene rings is 1. The van der Waals surface area contributed by atoms with Crippen LogP contribution in [0.1, 0.15) is 42.4 Å². The average Bonchev–Trinajstić information content (AvgIpc) is 3.22. The van der Waals surface area contributed by atoms with Crippen molar-refractivity contribution in [3.63, 3.8) is 0 Å². The van der Waals surface area contributed by atoms with Crippen LogP contribution in [-0.4, -0.2) is 64.3 Å². The minimum atomic E-state index is -0.567. The molecule has 200 valence electrons. The Morgan fingerprint density at radius 1 is 1.21 bits per heavy atom. The number of rotatable bonds is 5. The van der Waals surface area contributed by atoms with Gasteiger partial charge in [0.2, 0.25) is 0 Å². The molecule has 3 heterocycles. The Morgan fingerprint density at radius 2 is 1.92 bits per heavy atom. The first-order valence-corrected chi connectivity index (χ1v) is 12.2. The van der Waals surface area contributed by atoms with E-state index in [4.69, 9.17) is 10.5 Å². The number of hydrogen-bond acceptors (Lipinski definition) is 7. The number of aryl methyl sites for hydroxylation is 1. The third-order valence-corrected chi connectivity index (χ3v) is 5.97. The van der Waals surface area contributed by atoms with Gasteiger partial charge in [-0.05, 0) is 39.8 Å². The summed E-state index contributed by atoms with van der Waals surface area (Å²) in [6.45, 7) is 12.9. The molecule has 2 amide bonds. The van der Waals surface area contributed by atoms with Crippen molar-refractivity contribution >= 4 is 40.9 Å². The lowest BCUT2D eigenvalue weighted by molar-refractivity contribution is 0.0240. The van der Waals surface area contributed by atoms with E-state index in [0.717, 1.165) is 5.69 Å². The van der Waals surface area contributed by atoms with Crippen LogP contribution in [0.4, 0.5) is 26.2 Å². The van der Waals surface area contributed by atoms with Gasteiger partial charge in [-0.25, -0.2) is 14.2 Å². The number of nitrogens with two attached hydrogens (primary N) is 1. The Hall–Kier alpha value is -4.41. The van der Waals surface area contributed by atoms with Gasteiger partial charge in [-0.3, -0.25) is 9.79 Å². The number of fused-ring (bicyclic) bond motifs is 1. The topological polar surface area (TPSA) is 118 Å². The zero-order valence-corrected chi connectivity index (χ0v) is 22.0. The van der Waals surface area contributed by atoms with Crippen LogP contribution >= 0.6 is 0 Å². The van der Waals surface area contributed by atoms with Crippen LogP contribution in [0.2, 0.25) is 0 Å². The lowest BCUT2D eigenvalue weighted by Crippen LogP contribution is -2.50. The van der Waals surface area contributed by atoms with Gasteiger partial charge in [-0.15, -0.1) is 0 Å². The van der Waals surface area contributed by atoms with Crippen molar-refractivity contribution in [1.82, 2.24) is 14.3 Å². The smallest absolute Gasteiger partial charge is 0.410 e. The summed E-state index contributed by atoms with van der Waals surface area (Å²) in [5.74, 6) is -1.05. The van der Waals surface area contributed by atoms with Crippen molar-refractivity contribution in [2.24, 2.45) is 4.99 Å². The minimum Gasteiger partial charge on any atom is -0.444 e. The predicted octanol–water partition coefficient (Wildman–Crippen LogP) is 4.24. The average molecular weight is 522 g/mol. The van der Waals surface area contributed by atoms with Crippen molar-refractivity contribution in [3.8, 4) is 0 Å². The first kappa shape index (κ1) is 26.6. The number of hydrogen-bond donors (Lipinski definition) is 2. The predicted molar refractivity (Wildman–Crippen MR) is 147 cm³/mol. The van der Waals surface area contributed by atoms with Crippen molar-refractivity contribution in [3.05, 3.63) is 66.0 Å². The Labute approximate surface area is 220 Å². The van der Waals surface area contributed by atoms with Crippen molar-refractivity contribution in [2.75, 3.05) is 42.1 Å². The lowest BCUT2D eigenvalue weighted by Gasteiger charge is -2.37. The number of nitrogen functional groups attached to an aromatic ring is 1. The summed E-state index contributed by atoms with van der Waals surface area (Å²) < 4.78 is 21.5. The highest BCUT2D eigenvalue weighted by Gasteiger charge is 2.27.